The van der Waals surface area contributed by atoms with Gasteiger partial charge in [-0.2, -0.15) is 4.31 Å². The SMILES string of the molecule is CN1CCN(S(=O)(=O)c2cccc(C(=O)Nc3nncs3)c2)CC1. The van der Waals surface area contributed by atoms with Crippen molar-refractivity contribution in [2.75, 3.05) is 38.5 Å². The molecule has 0 aliphatic carbocycles. The van der Waals surface area contributed by atoms with Gasteiger partial charge in [-0.05, 0) is 25.2 Å². The van der Waals surface area contributed by atoms with Crippen LogP contribution in [-0.2, 0) is 10.0 Å². The van der Waals surface area contributed by atoms with Gasteiger partial charge in [0.2, 0.25) is 15.2 Å². The number of carbonyl (C=O) groups excluding carboxylic acids is 1. The fourth-order valence-electron chi connectivity index (χ4n) is 2.37. The largest absolute Gasteiger partial charge is 0.304 e. The molecule has 1 aromatic carbocycles. The van der Waals surface area contributed by atoms with Gasteiger partial charge in [0, 0.05) is 31.7 Å². The van der Waals surface area contributed by atoms with Crippen LogP contribution in [-0.4, -0.2) is 67.0 Å². The molecule has 24 heavy (non-hydrogen) atoms. The topological polar surface area (TPSA) is 95.5 Å². The molecule has 10 heteroatoms. The molecule has 1 aliphatic heterocycles. The number of piperazine rings is 1. The zero-order valence-electron chi connectivity index (χ0n) is 13.0. The molecule has 3 rings (SSSR count). The summed E-state index contributed by atoms with van der Waals surface area (Å²) in [5.74, 6) is -0.415. The Kier molecular flexibility index (Phi) is 4.90. The molecule has 1 amide bonds. The van der Waals surface area contributed by atoms with Gasteiger partial charge in [0.05, 0.1) is 4.90 Å². The van der Waals surface area contributed by atoms with E-state index in [-0.39, 0.29) is 10.5 Å². The average Bonchev–Trinajstić information content (AvgIpc) is 3.08. The van der Waals surface area contributed by atoms with Crippen molar-refractivity contribution in [3.8, 4) is 0 Å². The Labute approximate surface area is 144 Å². The van der Waals surface area contributed by atoms with Crippen LogP contribution in [0.3, 0.4) is 0 Å². The maximum absolute atomic E-state index is 12.7. The summed E-state index contributed by atoms with van der Waals surface area (Å²) in [5, 5.41) is 10.3. The van der Waals surface area contributed by atoms with E-state index in [1.165, 1.54) is 33.3 Å². The summed E-state index contributed by atoms with van der Waals surface area (Å²) in [4.78, 5) is 14.4. The Hall–Kier alpha value is -1.88. The van der Waals surface area contributed by atoms with Crippen molar-refractivity contribution in [2.45, 2.75) is 4.90 Å². The fraction of sp³-hybridized carbons (Fsp3) is 0.357. The van der Waals surface area contributed by atoms with Crippen molar-refractivity contribution in [3.63, 3.8) is 0 Å². The second-order valence-electron chi connectivity index (χ2n) is 5.43. The molecular formula is C14H17N5O3S2. The van der Waals surface area contributed by atoms with E-state index in [1.54, 1.807) is 12.1 Å². The van der Waals surface area contributed by atoms with E-state index in [4.69, 9.17) is 0 Å². The summed E-state index contributed by atoms with van der Waals surface area (Å²) >= 11 is 1.19. The lowest BCUT2D eigenvalue weighted by Crippen LogP contribution is -2.47. The molecule has 0 bridgehead atoms. The van der Waals surface area contributed by atoms with Crippen molar-refractivity contribution in [3.05, 3.63) is 35.3 Å². The molecular weight excluding hydrogens is 350 g/mol. The minimum Gasteiger partial charge on any atom is -0.304 e. The van der Waals surface area contributed by atoms with Gasteiger partial charge >= 0.3 is 0 Å². The molecule has 1 saturated heterocycles. The second kappa shape index (κ2) is 6.93. The number of carbonyl (C=O) groups is 1. The monoisotopic (exact) mass is 367 g/mol. The summed E-state index contributed by atoms with van der Waals surface area (Å²) in [6, 6.07) is 6.04. The first-order valence-electron chi connectivity index (χ1n) is 7.33. The molecule has 2 heterocycles. The number of nitrogens with zero attached hydrogens (tertiary/aromatic N) is 4. The number of sulfonamides is 1. The van der Waals surface area contributed by atoms with E-state index in [0.29, 0.717) is 31.3 Å². The lowest BCUT2D eigenvalue weighted by molar-refractivity contribution is 0.102. The third-order valence-corrected chi connectivity index (χ3v) is 6.28. The van der Waals surface area contributed by atoms with Gasteiger partial charge in [-0.1, -0.05) is 17.4 Å². The quantitative estimate of drug-likeness (QED) is 0.856. The lowest BCUT2D eigenvalue weighted by Gasteiger charge is -2.31. The molecule has 1 fully saturated rings. The number of hydrogen-bond donors (Lipinski definition) is 1. The molecule has 2 aromatic rings. The molecule has 0 spiro atoms. The minimum atomic E-state index is -3.60. The molecule has 0 atom stereocenters. The van der Waals surface area contributed by atoms with Gasteiger partial charge in [-0.3, -0.25) is 10.1 Å². The highest BCUT2D eigenvalue weighted by Crippen LogP contribution is 2.19. The van der Waals surface area contributed by atoms with Gasteiger partial charge < -0.3 is 4.90 Å². The lowest BCUT2D eigenvalue weighted by atomic mass is 10.2. The Morgan fingerprint density at radius 1 is 1.25 bits per heavy atom. The van der Waals surface area contributed by atoms with Gasteiger partial charge in [-0.25, -0.2) is 8.42 Å². The summed E-state index contributed by atoms with van der Waals surface area (Å²) in [6.45, 7) is 2.27. The number of anilines is 1. The van der Waals surface area contributed by atoms with E-state index in [2.05, 4.69) is 20.4 Å². The van der Waals surface area contributed by atoms with E-state index in [0.717, 1.165) is 0 Å². The predicted octanol–water partition coefficient (Wildman–Crippen LogP) is 0.726. The minimum absolute atomic E-state index is 0.122. The summed E-state index contributed by atoms with van der Waals surface area (Å²) in [7, 11) is -1.64. The van der Waals surface area contributed by atoms with Crippen molar-refractivity contribution < 1.29 is 13.2 Å². The highest BCUT2D eigenvalue weighted by atomic mass is 32.2. The van der Waals surface area contributed by atoms with Gasteiger partial charge in [0.15, 0.2) is 0 Å². The zero-order valence-corrected chi connectivity index (χ0v) is 14.7. The number of benzene rings is 1. The highest BCUT2D eigenvalue weighted by Gasteiger charge is 2.27. The van der Waals surface area contributed by atoms with Crippen LogP contribution < -0.4 is 5.32 Å². The zero-order chi connectivity index (χ0) is 17.2. The maximum atomic E-state index is 12.7. The van der Waals surface area contributed by atoms with Crippen LogP contribution in [0.25, 0.3) is 0 Å². The van der Waals surface area contributed by atoms with E-state index >= 15 is 0 Å². The average molecular weight is 367 g/mol. The number of amides is 1. The van der Waals surface area contributed by atoms with Gasteiger partial charge in [0.25, 0.3) is 5.91 Å². The van der Waals surface area contributed by atoms with E-state index in [9.17, 15) is 13.2 Å². The van der Waals surface area contributed by atoms with Crippen LogP contribution in [0.1, 0.15) is 10.4 Å². The normalized spacial score (nSPS) is 16.9. The number of rotatable bonds is 4. The van der Waals surface area contributed by atoms with Gasteiger partial charge in [-0.15, -0.1) is 10.2 Å². The first-order chi connectivity index (χ1) is 11.5. The van der Waals surface area contributed by atoms with Crippen LogP contribution in [0.2, 0.25) is 0 Å². The molecule has 1 aliphatic rings. The van der Waals surface area contributed by atoms with Crippen LogP contribution in [0.5, 0.6) is 0 Å². The molecule has 128 valence electrons. The molecule has 8 nitrogen and oxygen atoms in total. The van der Waals surface area contributed by atoms with Crippen LogP contribution in [0.15, 0.2) is 34.7 Å². The smallest absolute Gasteiger partial charge is 0.257 e. The molecule has 0 radical (unpaired) electrons. The van der Waals surface area contributed by atoms with Crippen molar-refractivity contribution in [2.24, 2.45) is 0 Å². The first-order valence-corrected chi connectivity index (χ1v) is 9.65. The standard InChI is InChI=1S/C14H17N5O3S2/c1-18-5-7-19(8-6-18)24(21,22)12-4-2-3-11(9-12)13(20)16-14-17-15-10-23-14/h2-4,9-10H,5-8H2,1H3,(H,16,17,20). The predicted molar refractivity (Wildman–Crippen MR) is 90.6 cm³/mol. The Morgan fingerprint density at radius 3 is 2.67 bits per heavy atom. The third-order valence-electron chi connectivity index (χ3n) is 3.78. The summed E-state index contributed by atoms with van der Waals surface area (Å²) in [6.07, 6.45) is 0. The number of nitrogens with one attached hydrogen (secondary N) is 1. The fourth-order valence-corrected chi connectivity index (χ4v) is 4.28. The number of aromatic nitrogens is 2. The summed E-state index contributed by atoms with van der Waals surface area (Å²) in [5.41, 5.74) is 1.77. The number of likely N-dealkylation sites (N-methyl/N-ethyl adjacent to an activating group) is 1. The molecule has 1 aromatic heterocycles. The maximum Gasteiger partial charge on any atom is 0.257 e. The first kappa shape index (κ1) is 17.0. The Morgan fingerprint density at radius 2 is 2.00 bits per heavy atom. The van der Waals surface area contributed by atoms with E-state index < -0.39 is 15.9 Å². The van der Waals surface area contributed by atoms with E-state index in [1.807, 2.05) is 7.05 Å². The van der Waals surface area contributed by atoms with Crippen molar-refractivity contribution in [1.82, 2.24) is 19.4 Å². The number of hydrogen-bond acceptors (Lipinski definition) is 7. The Bertz CT molecular complexity index is 815. The van der Waals surface area contributed by atoms with Crippen LogP contribution in [0, 0.1) is 0 Å². The van der Waals surface area contributed by atoms with Crippen molar-refractivity contribution in [1.29, 1.82) is 0 Å². The van der Waals surface area contributed by atoms with Crippen LogP contribution in [0.4, 0.5) is 5.13 Å². The van der Waals surface area contributed by atoms with Gasteiger partial charge in [0.1, 0.15) is 5.51 Å². The summed E-state index contributed by atoms with van der Waals surface area (Å²) < 4.78 is 26.9. The van der Waals surface area contributed by atoms with Crippen molar-refractivity contribution >= 4 is 32.4 Å². The van der Waals surface area contributed by atoms with Crippen LogP contribution >= 0.6 is 11.3 Å². The Balaban J connectivity index is 1.80. The third kappa shape index (κ3) is 3.61. The highest BCUT2D eigenvalue weighted by molar-refractivity contribution is 7.89. The molecule has 0 saturated carbocycles. The molecule has 1 N–H and O–H groups in total. The molecule has 0 unspecified atom stereocenters. The second-order valence-corrected chi connectivity index (χ2v) is 8.20.